The van der Waals surface area contributed by atoms with E-state index in [1.807, 2.05) is 13.8 Å². The minimum absolute atomic E-state index is 0.0475. The second kappa shape index (κ2) is 4.46. The summed E-state index contributed by atoms with van der Waals surface area (Å²) in [6.45, 7) is 4.10. The maximum atomic E-state index is 11.6. The van der Waals surface area contributed by atoms with E-state index in [9.17, 15) is 4.79 Å². The lowest BCUT2D eigenvalue weighted by Gasteiger charge is -2.19. The Morgan fingerprint density at radius 2 is 2.43 bits per heavy atom. The Balaban J connectivity index is 2.43. The number of aromatic amines is 1. The summed E-state index contributed by atoms with van der Waals surface area (Å²) < 4.78 is 0. The first-order valence-electron chi connectivity index (χ1n) is 4.38. The van der Waals surface area contributed by atoms with Gasteiger partial charge < -0.3 is 5.32 Å². The van der Waals surface area contributed by atoms with Crippen LogP contribution in [0.5, 0.6) is 0 Å². The molecule has 0 aliphatic rings. The lowest BCUT2D eigenvalue weighted by atomic mass is 9.95. The van der Waals surface area contributed by atoms with Crippen molar-refractivity contribution in [3.8, 4) is 0 Å². The van der Waals surface area contributed by atoms with E-state index in [2.05, 4.69) is 15.5 Å². The van der Waals surface area contributed by atoms with Crippen molar-refractivity contribution < 1.29 is 4.79 Å². The first-order valence-corrected chi connectivity index (χ1v) is 4.91. The minimum atomic E-state index is -0.523. The second-order valence-electron chi connectivity index (χ2n) is 3.81. The number of amides is 1. The van der Waals surface area contributed by atoms with Crippen molar-refractivity contribution in [3.63, 3.8) is 0 Å². The average molecular weight is 216 g/mol. The van der Waals surface area contributed by atoms with Gasteiger partial charge in [-0.05, 0) is 13.8 Å². The van der Waals surface area contributed by atoms with Crippen LogP contribution < -0.4 is 5.32 Å². The van der Waals surface area contributed by atoms with E-state index in [0.29, 0.717) is 12.4 Å². The Kier molecular flexibility index (Phi) is 3.52. The SMILES string of the molecule is CC(C)(CCl)C(=O)NCc1cn[nH]c1. The van der Waals surface area contributed by atoms with E-state index < -0.39 is 5.41 Å². The molecule has 0 aromatic carbocycles. The molecule has 14 heavy (non-hydrogen) atoms. The molecule has 0 spiro atoms. The summed E-state index contributed by atoms with van der Waals surface area (Å²) in [5, 5.41) is 9.25. The molecule has 0 radical (unpaired) electrons. The number of rotatable bonds is 4. The molecule has 0 aliphatic heterocycles. The molecular formula is C9H14ClN3O. The standard InChI is InChI=1S/C9H14ClN3O/c1-9(2,6-10)8(14)11-3-7-4-12-13-5-7/h4-5H,3,6H2,1-2H3,(H,11,14)(H,12,13). The smallest absolute Gasteiger partial charge is 0.227 e. The highest BCUT2D eigenvalue weighted by Crippen LogP contribution is 2.16. The monoisotopic (exact) mass is 215 g/mol. The summed E-state index contributed by atoms with van der Waals surface area (Å²) in [5.74, 6) is 0.262. The fraction of sp³-hybridized carbons (Fsp3) is 0.556. The zero-order valence-corrected chi connectivity index (χ0v) is 9.06. The van der Waals surface area contributed by atoms with Gasteiger partial charge in [-0.2, -0.15) is 5.10 Å². The predicted molar refractivity (Wildman–Crippen MR) is 54.9 cm³/mol. The van der Waals surface area contributed by atoms with Gasteiger partial charge in [0.1, 0.15) is 0 Å². The molecule has 1 aromatic heterocycles. The molecule has 0 saturated heterocycles. The molecule has 1 aromatic rings. The molecular weight excluding hydrogens is 202 g/mol. The number of aromatic nitrogens is 2. The third kappa shape index (κ3) is 2.73. The highest BCUT2D eigenvalue weighted by atomic mass is 35.5. The van der Waals surface area contributed by atoms with Crippen molar-refractivity contribution in [3.05, 3.63) is 18.0 Å². The van der Waals surface area contributed by atoms with Gasteiger partial charge in [0.15, 0.2) is 0 Å². The van der Waals surface area contributed by atoms with Gasteiger partial charge in [0.05, 0.1) is 11.6 Å². The number of hydrogen-bond donors (Lipinski definition) is 2. The quantitative estimate of drug-likeness (QED) is 0.744. The fourth-order valence-electron chi connectivity index (χ4n) is 0.857. The molecule has 78 valence electrons. The molecule has 0 aliphatic carbocycles. The molecule has 1 amide bonds. The minimum Gasteiger partial charge on any atom is -0.351 e. The van der Waals surface area contributed by atoms with E-state index in [0.717, 1.165) is 5.56 Å². The van der Waals surface area contributed by atoms with Crippen molar-refractivity contribution in [1.82, 2.24) is 15.5 Å². The van der Waals surface area contributed by atoms with Crippen molar-refractivity contribution in [1.29, 1.82) is 0 Å². The second-order valence-corrected chi connectivity index (χ2v) is 4.07. The van der Waals surface area contributed by atoms with Crippen molar-refractivity contribution in [2.75, 3.05) is 5.88 Å². The molecule has 0 saturated carbocycles. The van der Waals surface area contributed by atoms with Crippen molar-refractivity contribution in [2.45, 2.75) is 20.4 Å². The van der Waals surface area contributed by atoms with Crippen LogP contribution in [0.25, 0.3) is 0 Å². The molecule has 5 heteroatoms. The summed E-state index contributed by atoms with van der Waals surface area (Å²) in [6.07, 6.45) is 3.42. The highest BCUT2D eigenvalue weighted by molar-refractivity contribution is 6.19. The lowest BCUT2D eigenvalue weighted by molar-refractivity contribution is -0.128. The topological polar surface area (TPSA) is 57.8 Å². The summed E-state index contributed by atoms with van der Waals surface area (Å²) >= 11 is 5.67. The zero-order valence-electron chi connectivity index (χ0n) is 8.30. The van der Waals surface area contributed by atoms with E-state index >= 15 is 0 Å². The van der Waals surface area contributed by atoms with E-state index in [4.69, 9.17) is 11.6 Å². The molecule has 1 heterocycles. The van der Waals surface area contributed by atoms with Crippen LogP contribution in [0.1, 0.15) is 19.4 Å². The normalized spacial score (nSPS) is 11.4. The van der Waals surface area contributed by atoms with E-state index in [-0.39, 0.29) is 5.91 Å². The van der Waals surface area contributed by atoms with Gasteiger partial charge in [-0.3, -0.25) is 9.89 Å². The van der Waals surface area contributed by atoms with Crippen LogP contribution in [0.2, 0.25) is 0 Å². The number of hydrogen-bond acceptors (Lipinski definition) is 2. The number of H-pyrrole nitrogens is 1. The van der Waals surface area contributed by atoms with Gasteiger partial charge in [-0.15, -0.1) is 11.6 Å². The summed E-state index contributed by atoms with van der Waals surface area (Å²) in [6, 6.07) is 0. The van der Waals surface area contributed by atoms with Gasteiger partial charge in [-0.25, -0.2) is 0 Å². The van der Waals surface area contributed by atoms with Crippen LogP contribution in [-0.4, -0.2) is 22.0 Å². The number of halogens is 1. The molecule has 4 nitrogen and oxygen atoms in total. The van der Waals surface area contributed by atoms with Crippen LogP contribution >= 0.6 is 11.6 Å². The first kappa shape index (κ1) is 11.0. The van der Waals surface area contributed by atoms with Gasteiger partial charge in [0.2, 0.25) is 5.91 Å². The van der Waals surface area contributed by atoms with Crippen LogP contribution in [0.3, 0.4) is 0 Å². The summed E-state index contributed by atoms with van der Waals surface area (Å²) in [7, 11) is 0. The highest BCUT2D eigenvalue weighted by Gasteiger charge is 2.25. The maximum absolute atomic E-state index is 11.6. The Bertz CT molecular complexity index is 295. The number of carbonyl (C=O) groups excluding carboxylic acids is 1. The van der Waals surface area contributed by atoms with E-state index in [1.54, 1.807) is 12.4 Å². The van der Waals surface area contributed by atoms with Crippen LogP contribution in [-0.2, 0) is 11.3 Å². The Morgan fingerprint density at radius 1 is 1.71 bits per heavy atom. The van der Waals surface area contributed by atoms with Crippen LogP contribution in [0.4, 0.5) is 0 Å². The molecule has 0 fully saturated rings. The third-order valence-electron chi connectivity index (χ3n) is 1.96. The number of nitrogens with zero attached hydrogens (tertiary/aromatic N) is 1. The fourth-order valence-corrected chi connectivity index (χ4v) is 0.978. The predicted octanol–water partition coefficient (Wildman–Crippen LogP) is 1.29. The van der Waals surface area contributed by atoms with Crippen LogP contribution in [0, 0.1) is 5.41 Å². The molecule has 0 unspecified atom stereocenters. The molecule has 2 N–H and O–H groups in total. The zero-order chi connectivity index (χ0) is 10.6. The Hall–Kier alpha value is -1.03. The Morgan fingerprint density at radius 3 is 2.93 bits per heavy atom. The molecule has 0 atom stereocenters. The average Bonchev–Trinajstić information content (AvgIpc) is 2.66. The number of alkyl halides is 1. The summed E-state index contributed by atoms with van der Waals surface area (Å²) in [4.78, 5) is 11.6. The van der Waals surface area contributed by atoms with Crippen molar-refractivity contribution >= 4 is 17.5 Å². The Labute approximate surface area is 88.0 Å². The van der Waals surface area contributed by atoms with Crippen molar-refractivity contribution in [2.24, 2.45) is 5.41 Å². The number of nitrogens with one attached hydrogen (secondary N) is 2. The third-order valence-corrected chi connectivity index (χ3v) is 2.62. The largest absolute Gasteiger partial charge is 0.351 e. The number of carbonyl (C=O) groups is 1. The van der Waals surface area contributed by atoms with E-state index in [1.165, 1.54) is 0 Å². The lowest BCUT2D eigenvalue weighted by Crippen LogP contribution is -2.37. The molecule has 0 bridgehead atoms. The maximum Gasteiger partial charge on any atom is 0.227 e. The first-order chi connectivity index (χ1) is 6.56. The van der Waals surface area contributed by atoms with Crippen LogP contribution in [0.15, 0.2) is 12.4 Å². The van der Waals surface area contributed by atoms with Gasteiger partial charge >= 0.3 is 0 Å². The molecule has 1 rings (SSSR count). The van der Waals surface area contributed by atoms with Gasteiger partial charge in [0, 0.05) is 24.2 Å². The summed E-state index contributed by atoms with van der Waals surface area (Å²) in [5.41, 5.74) is 0.425. The van der Waals surface area contributed by atoms with Gasteiger partial charge in [-0.1, -0.05) is 0 Å². The van der Waals surface area contributed by atoms with Gasteiger partial charge in [0.25, 0.3) is 0 Å².